The summed E-state index contributed by atoms with van der Waals surface area (Å²) in [4.78, 5) is 25.0. The molecule has 3 N–H and O–H groups in total. The van der Waals surface area contributed by atoms with E-state index >= 15 is 0 Å². The molecule has 0 aliphatic heterocycles. The Morgan fingerprint density at radius 1 is 1.07 bits per heavy atom. The molecule has 6 nitrogen and oxygen atoms in total. The van der Waals surface area contributed by atoms with E-state index in [1.54, 1.807) is 19.2 Å². The maximum Gasteiger partial charge on any atom is 0.315 e. The van der Waals surface area contributed by atoms with E-state index in [4.69, 9.17) is 4.74 Å². The van der Waals surface area contributed by atoms with E-state index in [-0.39, 0.29) is 24.3 Å². The quantitative estimate of drug-likeness (QED) is 0.600. The highest BCUT2D eigenvalue weighted by Gasteiger charge is 2.22. The topological polar surface area (TPSA) is 79.5 Å². The van der Waals surface area contributed by atoms with Crippen molar-refractivity contribution in [3.8, 4) is 5.75 Å². The molecule has 29 heavy (non-hydrogen) atoms. The zero-order valence-electron chi connectivity index (χ0n) is 17.0. The van der Waals surface area contributed by atoms with Crippen molar-refractivity contribution in [1.29, 1.82) is 0 Å². The van der Waals surface area contributed by atoms with Gasteiger partial charge in [-0.2, -0.15) is 0 Å². The molecule has 2 rings (SSSR count). The molecule has 0 aliphatic rings. The second-order valence-electron chi connectivity index (χ2n) is 6.77. The molecule has 0 aromatic heterocycles. The fourth-order valence-electron chi connectivity index (χ4n) is 2.97. The van der Waals surface area contributed by atoms with Gasteiger partial charge >= 0.3 is 6.03 Å². The van der Waals surface area contributed by atoms with Crippen LogP contribution in [0.3, 0.4) is 0 Å². The van der Waals surface area contributed by atoms with Crippen LogP contribution in [0.5, 0.6) is 5.75 Å². The molecule has 2 unspecified atom stereocenters. The Morgan fingerprint density at radius 3 is 2.41 bits per heavy atom. The second kappa shape index (κ2) is 11.0. The minimum atomic E-state index is -0.662. The highest BCUT2D eigenvalue weighted by molar-refractivity contribution is 5.87. The largest absolute Gasteiger partial charge is 0.496 e. The summed E-state index contributed by atoms with van der Waals surface area (Å²) in [5.74, 6) is 0.0987. The third-order valence-corrected chi connectivity index (χ3v) is 4.53. The summed E-state index contributed by atoms with van der Waals surface area (Å²) >= 11 is 0. The zero-order valence-corrected chi connectivity index (χ0v) is 17.0. The van der Waals surface area contributed by atoms with Crippen molar-refractivity contribution in [2.24, 2.45) is 0 Å². The first-order chi connectivity index (χ1) is 13.9. The van der Waals surface area contributed by atoms with Gasteiger partial charge < -0.3 is 20.7 Å². The molecule has 0 bridgehead atoms. The van der Waals surface area contributed by atoms with Crippen LogP contribution in [-0.4, -0.2) is 25.1 Å². The van der Waals surface area contributed by atoms with Crippen molar-refractivity contribution in [3.05, 3.63) is 65.5 Å². The predicted molar refractivity (Wildman–Crippen MR) is 110 cm³/mol. The highest BCUT2D eigenvalue weighted by atomic mass is 19.1. The smallest absolute Gasteiger partial charge is 0.315 e. The molecule has 0 aliphatic carbocycles. The molecule has 0 saturated carbocycles. The van der Waals surface area contributed by atoms with Crippen molar-refractivity contribution >= 4 is 11.9 Å². The van der Waals surface area contributed by atoms with Gasteiger partial charge in [0.2, 0.25) is 5.91 Å². The van der Waals surface area contributed by atoms with Crippen LogP contribution in [0, 0.1) is 5.82 Å². The average Bonchev–Trinajstić information content (AvgIpc) is 2.72. The fourth-order valence-corrected chi connectivity index (χ4v) is 2.97. The zero-order chi connectivity index (χ0) is 21.2. The molecular weight excluding hydrogens is 373 g/mol. The number of benzene rings is 2. The highest BCUT2D eigenvalue weighted by Crippen LogP contribution is 2.24. The first-order valence-electron chi connectivity index (χ1n) is 9.66. The van der Waals surface area contributed by atoms with Gasteiger partial charge in [-0.3, -0.25) is 4.79 Å². The van der Waals surface area contributed by atoms with Gasteiger partial charge in [0.05, 0.1) is 13.2 Å². The Morgan fingerprint density at radius 2 is 1.76 bits per heavy atom. The molecule has 0 fully saturated rings. The summed E-state index contributed by atoms with van der Waals surface area (Å²) in [6, 6.07) is 11.9. The van der Waals surface area contributed by atoms with E-state index < -0.39 is 12.1 Å². The van der Waals surface area contributed by atoms with Crippen molar-refractivity contribution in [1.82, 2.24) is 16.0 Å². The van der Waals surface area contributed by atoms with Crippen LogP contribution in [0.4, 0.5) is 9.18 Å². The lowest BCUT2D eigenvalue weighted by atomic mass is 10.1. The van der Waals surface area contributed by atoms with Crippen LogP contribution in [0.15, 0.2) is 48.5 Å². The maximum atomic E-state index is 13.0. The minimum absolute atomic E-state index is 0.240. The van der Waals surface area contributed by atoms with Crippen LogP contribution < -0.4 is 20.7 Å². The first kappa shape index (κ1) is 22.2. The van der Waals surface area contributed by atoms with Crippen LogP contribution in [-0.2, 0) is 11.3 Å². The molecule has 2 aromatic carbocycles. The normalized spacial score (nSPS) is 12.6. The number of carbonyl (C=O) groups excluding carboxylic acids is 2. The summed E-state index contributed by atoms with van der Waals surface area (Å²) in [6.45, 7) is 4.06. The summed E-state index contributed by atoms with van der Waals surface area (Å²) < 4.78 is 18.3. The molecule has 156 valence electrons. The van der Waals surface area contributed by atoms with Crippen molar-refractivity contribution in [2.75, 3.05) is 7.11 Å². The van der Waals surface area contributed by atoms with Crippen LogP contribution in [0.25, 0.3) is 0 Å². The predicted octanol–water partition coefficient (Wildman–Crippen LogP) is 3.68. The fraction of sp³-hybridized carbons (Fsp3) is 0.364. The summed E-state index contributed by atoms with van der Waals surface area (Å²) in [5.41, 5.74) is 1.63. The van der Waals surface area contributed by atoms with Gasteiger partial charge in [0.1, 0.15) is 17.6 Å². The lowest BCUT2D eigenvalue weighted by Crippen LogP contribution is -2.50. The van der Waals surface area contributed by atoms with Crippen molar-refractivity contribution < 1.29 is 18.7 Å². The number of hydrogen-bond donors (Lipinski definition) is 3. The maximum absolute atomic E-state index is 13.0. The van der Waals surface area contributed by atoms with Gasteiger partial charge in [-0.1, -0.05) is 43.7 Å². The molecule has 0 radical (unpaired) electrons. The van der Waals surface area contributed by atoms with E-state index in [1.165, 1.54) is 12.1 Å². The summed E-state index contributed by atoms with van der Waals surface area (Å²) in [7, 11) is 1.58. The average molecular weight is 401 g/mol. The lowest BCUT2D eigenvalue weighted by molar-refractivity contribution is -0.123. The molecule has 2 atom stereocenters. The minimum Gasteiger partial charge on any atom is -0.496 e. The van der Waals surface area contributed by atoms with Gasteiger partial charge in [-0.15, -0.1) is 0 Å². The lowest BCUT2D eigenvalue weighted by Gasteiger charge is -2.22. The van der Waals surface area contributed by atoms with Gasteiger partial charge in [-0.05, 0) is 37.1 Å². The van der Waals surface area contributed by atoms with Gasteiger partial charge in [-0.25, -0.2) is 9.18 Å². The number of nitrogens with one attached hydrogen (secondary N) is 3. The third kappa shape index (κ3) is 6.78. The SMILES string of the molecule is CCCC(NC(=O)NCc1ccc(F)cc1)C(=O)NC(C)c1ccccc1OC. The van der Waals surface area contributed by atoms with E-state index in [9.17, 15) is 14.0 Å². The Labute approximate surface area is 170 Å². The number of hydrogen-bond acceptors (Lipinski definition) is 3. The van der Waals surface area contributed by atoms with E-state index in [0.717, 1.165) is 17.5 Å². The van der Waals surface area contributed by atoms with E-state index in [2.05, 4.69) is 16.0 Å². The van der Waals surface area contributed by atoms with E-state index in [1.807, 2.05) is 38.1 Å². The van der Waals surface area contributed by atoms with Crippen LogP contribution in [0.1, 0.15) is 43.9 Å². The molecule has 0 heterocycles. The van der Waals surface area contributed by atoms with Crippen LogP contribution >= 0.6 is 0 Å². The van der Waals surface area contributed by atoms with Gasteiger partial charge in [0, 0.05) is 12.1 Å². The number of urea groups is 1. The standard InChI is InChI=1S/C22H28FN3O3/c1-4-7-19(26-22(28)24-14-16-10-12-17(23)13-11-16)21(27)25-15(2)18-8-5-6-9-20(18)29-3/h5-6,8-13,15,19H,4,7,14H2,1-3H3,(H,25,27)(H2,24,26,28). The number of amides is 3. The monoisotopic (exact) mass is 401 g/mol. The second-order valence-corrected chi connectivity index (χ2v) is 6.77. The molecular formula is C22H28FN3O3. The molecule has 0 spiro atoms. The number of carbonyl (C=O) groups is 2. The Hall–Kier alpha value is -3.09. The number of methoxy groups -OCH3 is 1. The Bertz CT molecular complexity index is 811. The third-order valence-electron chi connectivity index (χ3n) is 4.53. The number of halogens is 1. The van der Waals surface area contributed by atoms with Gasteiger partial charge in [0.25, 0.3) is 0 Å². The summed E-state index contributed by atoms with van der Waals surface area (Å²) in [6.07, 6.45) is 1.24. The number of ether oxygens (including phenoxy) is 1. The number of para-hydroxylation sites is 1. The molecule has 3 amide bonds. The molecule has 7 heteroatoms. The number of rotatable bonds is 9. The Kier molecular flexibility index (Phi) is 8.45. The first-order valence-corrected chi connectivity index (χ1v) is 9.66. The summed E-state index contributed by atoms with van der Waals surface area (Å²) in [5, 5.41) is 8.35. The van der Waals surface area contributed by atoms with Crippen LogP contribution in [0.2, 0.25) is 0 Å². The van der Waals surface area contributed by atoms with Gasteiger partial charge in [0.15, 0.2) is 0 Å². The Balaban J connectivity index is 1.93. The molecule has 2 aromatic rings. The van der Waals surface area contributed by atoms with Crippen molar-refractivity contribution in [2.45, 2.75) is 45.3 Å². The van der Waals surface area contributed by atoms with E-state index in [0.29, 0.717) is 12.2 Å². The molecule has 0 saturated heterocycles. The van der Waals surface area contributed by atoms with Crippen molar-refractivity contribution in [3.63, 3.8) is 0 Å².